The first-order valence-corrected chi connectivity index (χ1v) is 9.30. The van der Waals surface area contributed by atoms with Gasteiger partial charge in [0.15, 0.2) is 0 Å². The number of nitro groups is 1. The number of nitrogens with zero attached hydrogens (tertiary/aromatic N) is 3. The molecule has 0 saturated carbocycles. The van der Waals surface area contributed by atoms with E-state index < -0.39 is 43.1 Å². The molecule has 12 heteroatoms. The zero-order chi connectivity index (χ0) is 21.8. The summed E-state index contributed by atoms with van der Waals surface area (Å²) in [7, 11) is -0.449. The second-order valence-corrected chi connectivity index (χ2v) is 7.39. The fourth-order valence-electron chi connectivity index (χ4n) is 2.09. The maximum Gasteiger partial charge on any atom is 0.338 e. The summed E-state index contributed by atoms with van der Waals surface area (Å²) in [4.78, 5) is 23.1. The maximum atomic E-state index is 13.1. The third-order valence-corrected chi connectivity index (χ3v) is 4.61. The van der Waals surface area contributed by atoms with E-state index in [4.69, 9.17) is 4.74 Å². The second kappa shape index (κ2) is 8.65. The number of esters is 1. The van der Waals surface area contributed by atoms with Gasteiger partial charge < -0.3 is 14.4 Å². The quantitative estimate of drug-likeness (QED) is 0.218. The molecule has 0 N–H and O–H groups in total. The van der Waals surface area contributed by atoms with Gasteiger partial charge in [0.25, 0.3) is 10.0 Å². The van der Waals surface area contributed by atoms with Gasteiger partial charge in [-0.3, -0.25) is 10.1 Å². The van der Waals surface area contributed by atoms with Crippen LogP contribution in [0.2, 0.25) is 0 Å². The van der Waals surface area contributed by atoms with Crippen molar-refractivity contribution in [2.75, 3.05) is 21.2 Å². The van der Waals surface area contributed by atoms with Crippen molar-refractivity contribution in [1.82, 2.24) is 4.90 Å². The molecule has 0 radical (unpaired) electrons. The van der Waals surface area contributed by atoms with E-state index in [-0.39, 0.29) is 11.3 Å². The van der Waals surface area contributed by atoms with Crippen molar-refractivity contribution < 1.29 is 32.0 Å². The van der Waals surface area contributed by atoms with Gasteiger partial charge in [-0.05, 0) is 30.3 Å². The first-order valence-electron chi connectivity index (χ1n) is 7.86. The van der Waals surface area contributed by atoms with E-state index in [1.54, 1.807) is 0 Å². The molecule has 2 aromatic rings. The van der Waals surface area contributed by atoms with Gasteiger partial charge in [-0.25, -0.2) is 9.18 Å². The summed E-state index contributed by atoms with van der Waals surface area (Å²) in [5.74, 6) is -2.32. The molecule has 0 bridgehead atoms. The third-order valence-electron chi connectivity index (χ3n) is 3.38. The smallest absolute Gasteiger partial charge is 0.338 e. The first-order chi connectivity index (χ1) is 13.5. The average Bonchev–Trinajstić information content (AvgIpc) is 2.67. The molecule has 0 aliphatic rings. The fourth-order valence-corrected chi connectivity index (χ4v) is 3.17. The first kappa shape index (κ1) is 21.8. The maximum absolute atomic E-state index is 13.1. The molecule has 0 atom stereocenters. The molecular formula is C17H16FN3O7S. The Hall–Kier alpha value is -3.54. The van der Waals surface area contributed by atoms with E-state index in [9.17, 15) is 27.7 Å². The monoisotopic (exact) mass is 425 g/mol. The molecule has 0 unspecified atom stereocenters. The summed E-state index contributed by atoms with van der Waals surface area (Å²) in [5, 5.41) is 11.5. The number of benzene rings is 2. The van der Waals surface area contributed by atoms with Crippen molar-refractivity contribution in [2.24, 2.45) is 4.40 Å². The highest BCUT2D eigenvalue weighted by molar-refractivity contribution is 7.90. The van der Waals surface area contributed by atoms with E-state index >= 15 is 0 Å². The van der Waals surface area contributed by atoms with Crippen LogP contribution in [0.15, 0.2) is 45.7 Å². The molecule has 0 spiro atoms. The number of rotatable bonds is 7. The van der Waals surface area contributed by atoms with Crippen molar-refractivity contribution in [2.45, 2.75) is 4.90 Å². The van der Waals surface area contributed by atoms with Crippen LogP contribution in [0.25, 0.3) is 0 Å². The molecule has 0 saturated heterocycles. The predicted octanol–water partition coefficient (Wildman–Crippen LogP) is 2.59. The summed E-state index contributed by atoms with van der Waals surface area (Å²) in [6.45, 7) is 0. The number of ether oxygens (including phenoxy) is 2. The molecule has 2 rings (SSSR count). The van der Waals surface area contributed by atoms with Crippen LogP contribution < -0.4 is 4.74 Å². The predicted molar refractivity (Wildman–Crippen MR) is 100 cm³/mol. The Morgan fingerprint density at radius 3 is 2.38 bits per heavy atom. The largest absolute Gasteiger partial charge is 0.465 e. The molecular weight excluding hydrogens is 409 g/mol. The van der Waals surface area contributed by atoms with Crippen molar-refractivity contribution >= 4 is 28.0 Å². The van der Waals surface area contributed by atoms with Crippen LogP contribution >= 0.6 is 0 Å². The number of sulfonamides is 1. The number of halogens is 1. The zero-order valence-corrected chi connectivity index (χ0v) is 16.3. The van der Waals surface area contributed by atoms with Gasteiger partial charge in [-0.1, -0.05) is 0 Å². The summed E-state index contributed by atoms with van der Waals surface area (Å²) < 4.78 is 51.9. The van der Waals surface area contributed by atoms with Crippen LogP contribution in [0.4, 0.5) is 10.1 Å². The number of carbonyl (C=O) groups is 1. The molecule has 0 aliphatic heterocycles. The Morgan fingerprint density at radius 1 is 1.24 bits per heavy atom. The Kier molecular flexibility index (Phi) is 6.49. The van der Waals surface area contributed by atoms with Gasteiger partial charge in [0.1, 0.15) is 22.8 Å². The number of carbonyl (C=O) groups excluding carboxylic acids is 1. The SMILES string of the molecule is COC(=O)c1cc([N+](=O)[O-])c(Oc2ccc(F)cc2)c(S(=O)(=O)/N=C\N(C)C)c1. The van der Waals surface area contributed by atoms with E-state index in [2.05, 4.69) is 9.13 Å². The minimum atomic E-state index is -4.52. The molecule has 0 heterocycles. The molecule has 29 heavy (non-hydrogen) atoms. The van der Waals surface area contributed by atoms with Crippen molar-refractivity contribution in [1.29, 1.82) is 0 Å². The van der Waals surface area contributed by atoms with Crippen molar-refractivity contribution in [3.63, 3.8) is 0 Å². The Morgan fingerprint density at radius 2 is 1.86 bits per heavy atom. The standard InChI is InChI=1S/C17H16FN3O7S/c1-20(2)10-19-29(25,26)15-9-11(17(22)27-3)8-14(21(23)24)16(15)28-13-6-4-12(18)5-7-13/h4-10H,1-3H3/b19-10-. The number of nitro benzene ring substituents is 1. The molecule has 154 valence electrons. The van der Waals surface area contributed by atoms with E-state index in [0.717, 1.165) is 49.8 Å². The van der Waals surface area contributed by atoms with Gasteiger partial charge >= 0.3 is 11.7 Å². The minimum Gasteiger partial charge on any atom is -0.465 e. The highest BCUT2D eigenvalue weighted by atomic mass is 32.2. The highest BCUT2D eigenvalue weighted by Crippen LogP contribution is 2.39. The minimum absolute atomic E-state index is 0.0617. The molecule has 0 fully saturated rings. The van der Waals surface area contributed by atoms with Crippen LogP contribution in [0.5, 0.6) is 11.5 Å². The topological polar surface area (TPSA) is 128 Å². The van der Waals surface area contributed by atoms with E-state index in [1.165, 1.54) is 19.0 Å². The van der Waals surface area contributed by atoms with Crippen LogP contribution in [-0.2, 0) is 14.8 Å². The number of hydrogen-bond acceptors (Lipinski definition) is 7. The summed E-state index contributed by atoms with van der Waals surface area (Å²) in [6.07, 6.45) is 0.966. The van der Waals surface area contributed by atoms with Crippen LogP contribution in [0, 0.1) is 15.9 Å². The van der Waals surface area contributed by atoms with Crippen LogP contribution in [0.3, 0.4) is 0 Å². The Bertz CT molecular complexity index is 1070. The van der Waals surface area contributed by atoms with Gasteiger partial charge in [0.05, 0.1) is 17.6 Å². The van der Waals surface area contributed by atoms with Gasteiger partial charge in [0, 0.05) is 20.2 Å². The molecule has 0 amide bonds. The lowest BCUT2D eigenvalue weighted by Crippen LogP contribution is -2.12. The van der Waals surface area contributed by atoms with Crippen molar-refractivity contribution in [3.05, 3.63) is 57.9 Å². The number of hydrogen-bond donors (Lipinski definition) is 0. The molecule has 0 aliphatic carbocycles. The van der Waals surface area contributed by atoms with Gasteiger partial charge in [-0.15, -0.1) is 4.40 Å². The molecule has 0 aromatic heterocycles. The van der Waals surface area contributed by atoms with Crippen LogP contribution in [-0.4, -0.2) is 51.8 Å². The highest BCUT2D eigenvalue weighted by Gasteiger charge is 2.31. The number of methoxy groups -OCH3 is 1. The zero-order valence-electron chi connectivity index (χ0n) is 15.5. The lowest BCUT2D eigenvalue weighted by molar-refractivity contribution is -0.385. The third kappa shape index (κ3) is 5.25. The molecule has 10 nitrogen and oxygen atoms in total. The average molecular weight is 425 g/mol. The Labute approximate surface area is 165 Å². The van der Waals surface area contributed by atoms with Crippen molar-refractivity contribution in [3.8, 4) is 11.5 Å². The lowest BCUT2D eigenvalue weighted by Gasteiger charge is -2.12. The fraction of sp³-hybridized carbons (Fsp3) is 0.176. The summed E-state index contributed by atoms with van der Waals surface area (Å²) in [6, 6.07) is 6.06. The van der Waals surface area contributed by atoms with Crippen LogP contribution in [0.1, 0.15) is 10.4 Å². The second-order valence-electron chi connectivity index (χ2n) is 5.79. The van der Waals surface area contributed by atoms with E-state index in [1.807, 2.05) is 0 Å². The van der Waals surface area contributed by atoms with E-state index in [0.29, 0.717) is 0 Å². The summed E-state index contributed by atoms with van der Waals surface area (Å²) in [5.41, 5.74) is -1.19. The van der Waals surface area contributed by atoms with Gasteiger partial charge in [-0.2, -0.15) is 8.42 Å². The normalized spacial score (nSPS) is 11.3. The van der Waals surface area contributed by atoms with Gasteiger partial charge in [0.2, 0.25) is 5.75 Å². The Balaban J connectivity index is 2.78. The summed E-state index contributed by atoms with van der Waals surface area (Å²) >= 11 is 0. The molecule has 2 aromatic carbocycles. The lowest BCUT2D eigenvalue weighted by atomic mass is 10.2.